The third-order valence-corrected chi connectivity index (χ3v) is 5.79. The van der Waals surface area contributed by atoms with Crippen molar-refractivity contribution in [1.82, 2.24) is 4.90 Å². The summed E-state index contributed by atoms with van der Waals surface area (Å²) in [7, 11) is 3.36. The van der Waals surface area contributed by atoms with Gasteiger partial charge in [0.05, 0.1) is 27.4 Å². The molecule has 0 spiro atoms. The molecular weight excluding hydrogens is 330 g/mol. The summed E-state index contributed by atoms with van der Waals surface area (Å²) in [5.41, 5.74) is 6.72. The summed E-state index contributed by atoms with van der Waals surface area (Å²) in [5, 5.41) is 19.2. The fraction of sp³-hybridized carbons (Fsp3) is 0.429. The average molecular weight is 355 g/mol. The van der Waals surface area contributed by atoms with Gasteiger partial charge in [0.2, 0.25) is 0 Å². The van der Waals surface area contributed by atoms with Crippen molar-refractivity contribution in [3.8, 4) is 11.5 Å². The molecule has 0 fully saturated rings. The minimum atomic E-state index is -0.0441. The van der Waals surface area contributed by atoms with Crippen LogP contribution in [-0.2, 0) is 32.6 Å². The topological polar surface area (TPSA) is 62.2 Å². The molecule has 0 saturated heterocycles. The van der Waals surface area contributed by atoms with E-state index in [2.05, 4.69) is 23.1 Å². The molecule has 2 aromatic rings. The molecule has 5 heteroatoms. The van der Waals surface area contributed by atoms with Crippen LogP contribution in [0.3, 0.4) is 0 Å². The van der Waals surface area contributed by atoms with E-state index in [9.17, 15) is 10.2 Å². The highest BCUT2D eigenvalue weighted by molar-refractivity contribution is 5.53. The lowest BCUT2D eigenvalue weighted by molar-refractivity contribution is 0.157. The van der Waals surface area contributed by atoms with E-state index in [1.165, 1.54) is 22.3 Å². The Labute approximate surface area is 153 Å². The predicted octanol–water partition coefficient (Wildman–Crippen LogP) is 2.34. The van der Waals surface area contributed by atoms with E-state index in [-0.39, 0.29) is 13.2 Å². The number of hydrogen-bond acceptors (Lipinski definition) is 5. The van der Waals surface area contributed by atoms with Crippen LogP contribution in [0.4, 0.5) is 0 Å². The lowest BCUT2D eigenvalue weighted by Gasteiger charge is -2.42. The fourth-order valence-corrected chi connectivity index (χ4v) is 4.43. The van der Waals surface area contributed by atoms with E-state index in [0.717, 1.165) is 48.6 Å². The molecule has 0 saturated carbocycles. The summed E-state index contributed by atoms with van der Waals surface area (Å²) in [5.74, 6) is 1.61. The number of ether oxygens (including phenoxy) is 2. The highest BCUT2D eigenvalue weighted by atomic mass is 16.5. The normalized spacial score (nSPS) is 18.7. The molecule has 2 aliphatic heterocycles. The Morgan fingerprint density at radius 2 is 1.81 bits per heavy atom. The van der Waals surface area contributed by atoms with Crippen LogP contribution in [0.2, 0.25) is 0 Å². The first kappa shape index (κ1) is 17.3. The van der Waals surface area contributed by atoms with Gasteiger partial charge in [0.1, 0.15) is 0 Å². The summed E-state index contributed by atoms with van der Waals surface area (Å²) in [6.07, 6.45) is 1.86. The summed E-state index contributed by atoms with van der Waals surface area (Å²) < 4.78 is 11.1. The van der Waals surface area contributed by atoms with Gasteiger partial charge in [-0.1, -0.05) is 18.2 Å². The van der Waals surface area contributed by atoms with Gasteiger partial charge in [0.15, 0.2) is 11.5 Å². The minimum Gasteiger partial charge on any atom is -0.493 e. The van der Waals surface area contributed by atoms with E-state index in [4.69, 9.17) is 9.47 Å². The molecule has 0 amide bonds. The van der Waals surface area contributed by atoms with Crippen molar-refractivity contribution in [3.63, 3.8) is 0 Å². The van der Waals surface area contributed by atoms with Crippen LogP contribution < -0.4 is 9.47 Å². The Morgan fingerprint density at radius 1 is 1.04 bits per heavy atom. The summed E-state index contributed by atoms with van der Waals surface area (Å²) in [6.45, 7) is 1.73. The molecule has 138 valence electrons. The molecule has 26 heavy (non-hydrogen) atoms. The number of hydrogen-bond donors (Lipinski definition) is 2. The molecule has 0 bridgehead atoms. The van der Waals surface area contributed by atoms with Gasteiger partial charge < -0.3 is 19.7 Å². The van der Waals surface area contributed by atoms with Crippen molar-refractivity contribution in [3.05, 3.63) is 57.6 Å². The molecule has 0 aromatic heterocycles. The van der Waals surface area contributed by atoms with Gasteiger partial charge in [0.25, 0.3) is 0 Å². The maximum atomic E-state index is 9.68. The number of fused-ring (bicyclic) bond motifs is 4. The van der Waals surface area contributed by atoms with Gasteiger partial charge in [0, 0.05) is 24.7 Å². The lowest BCUT2D eigenvalue weighted by atomic mass is 9.82. The second kappa shape index (κ2) is 6.91. The molecule has 2 N–H and O–H groups in total. The van der Waals surface area contributed by atoms with Gasteiger partial charge in [-0.05, 0) is 46.7 Å². The minimum absolute atomic E-state index is 0.0304. The lowest BCUT2D eigenvalue weighted by Crippen LogP contribution is -2.39. The van der Waals surface area contributed by atoms with Crippen molar-refractivity contribution in [1.29, 1.82) is 0 Å². The van der Waals surface area contributed by atoms with E-state index >= 15 is 0 Å². The molecule has 4 rings (SSSR count). The summed E-state index contributed by atoms with van der Waals surface area (Å²) in [6, 6.07) is 8.57. The van der Waals surface area contributed by atoms with Crippen LogP contribution in [0.25, 0.3) is 0 Å². The van der Waals surface area contributed by atoms with E-state index in [1.807, 2.05) is 6.07 Å². The predicted molar refractivity (Wildman–Crippen MR) is 98.4 cm³/mol. The van der Waals surface area contributed by atoms with Crippen LogP contribution in [0.5, 0.6) is 11.5 Å². The molecular formula is C21H25NO4. The molecule has 5 nitrogen and oxygen atoms in total. The highest BCUT2D eigenvalue weighted by Crippen LogP contribution is 2.44. The molecule has 1 unspecified atom stereocenters. The molecule has 2 aliphatic rings. The number of nitrogens with zero attached hydrogens (tertiary/aromatic N) is 1. The number of aliphatic hydroxyl groups excluding tert-OH is 2. The number of aliphatic hydroxyl groups is 2. The molecule has 1 atom stereocenters. The van der Waals surface area contributed by atoms with Gasteiger partial charge in [-0.15, -0.1) is 0 Å². The Morgan fingerprint density at radius 3 is 2.50 bits per heavy atom. The monoisotopic (exact) mass is 355 g/mol. The third kappa shape index (κ3) is 2.67. The fourth-order valence-electron chi connectivity index (χ4n) is 4.43. The average Bonchev–Trinajstić information content (AvgIpc) is 2.70. The quantitative estimate of drug-likeness (QED) is 0.882. The second-order valence-corrected chi connectivity index (χ2v) is 7.02. The van der Waals surface area contributed by atoms with Gasteiger partial charge in [-0.25, -0.2) is 0 Å². The van der Waals surface area contributed by atoms with Gasteiger partial charge >= 0.3 is 0 Å². The first-order chi connectivity index (χ1) is 12.7. The number of benzene rings is 2. The zero-order valence-corrected chi connectivity index (χ0v) is 15.3. The van der Waals surface area contributed by atoms with E-state index in [1.54, 1.807) is 14.2 Å². The summed E-state index contributed by atoms with van der Waals surface area (Å²) >= 11 is 0. The Hall–Kier alpha value is -2.08. The first-order valence-electron chi connectivity index (χ1n) is 9.03. The van der Waals surface area contributed by atoms with Crippen LogP contribution in [0.15, 0.2) is 24.3 Å². The van der Waals surface area contributed by atoms with Crippen LogP contribution in [-0.4, -0.2) is 35.9 Å². The number of rotatable bonds is 4. The molecule has 0 aliphatic carbocycles. The maximum Gasteiger partial charge on any atom is 0.165 e. The van der Waals surface area contributed by atoms with Crippen molar-refractivity contribution in [2.45, 2.75) is 38.6 Å². The highest BCUT2D eigenvalue weighted by Gasteiger charge is 2.34. The largest absolute Gasteiger partial charge is 0.493 e. The van der Waals surface area contributed by atoms with Crippen molar-refractivity contribution < 1.29 is 19.7 Å². The second-order valence-electron chi connectivity index (χ2n) is 7.02. The molecule has 2 heterocycles. The maximum absolute atomic E-state index is 9.68. The van der Waals surface area contributed by atoms with Gasteiger partial charge in [-0.3, -0.25) is 4.90 Å². The summed E-state index contributed by atoms with van der Waals surface area (Å²) in [4.78, 5) is 2.48. The number of methoxy groups -OCH3 is 2. The molecule has 0 radical (unpaired) electrons. The molecule has 2 aromatic carbocycles. The first-order valence-corrected chi connectivity index (χ1v) is 9.03. The Balaban J connectivity index is 1.76. The smallest absolute Gasteiger partial charge is 0.165 e. The Kier molecular flexibility index (Phi) is 4.61. The Bertz CT molecular complexity index is 833. The third-order valence-electron chi connectivity index (χ3n) is 5.79. The van der Waals surface area contributed by atoms with Crippen molar-refractivity contribution >= 4 is 0 Å². The van der Waals surface area contributed by atoms with Crippen molar-refractivity contribution in [2.75, 3.05) is 20.8 Å². The van der Waals surface area contributed by atoms with E-state index < -0.39 is 0 Å². The zero-order chi connectivity index (χ0) is 18.3. The van der Waals surface area contributed by atoms with Crippen LogP contribution >= 0.6 is 0 Å². The van der Waals surface area contributed by atoms with Gasteiger partial charge in [-0.2, -0.15) is 0 Å². The van der Waals surface area contributed by atoms with E-state index in [0.29, 0.717) is 6.04 Å². The van der Waals surface area contributed by atoms with Crippen molar-refractivity contribution in [2.24, 2.45) is 0 Å². The standard InChI is InChI=1S/C21H25NO4/c1-25-20-4-3-13-9-19-17-8-16(12-24)15(11-23)7-14(17)5-6-22(19)10-18(13)21(20)26-2/h3-4,7-8,19,23-24H,5-6,9-12H2,1-2H3. The van der Waals surface area contributed by atoms with Crippen LogP contribution in [0, 0.1) is 0 Å². The zero-order valence-electron chi connectivity index (χ0n) is 15.3. The van der Waals surface area contributed by atoms with Crippen LogP contribution in [0.1, 0.15) is 39.4 Å². The SMILES string of the molecule is COc1ccc2c(c1OC)CN1CCc3cc(CO)c(CO)cc3C1C2.